The van der Waals surface area contributed by atoms with Crippen LogP contribution in [0, 0.1) is 0 Å². The highest BCUT2D eigenvalue weighted by Gasteiger charge is 2.30. The Kier molecular flexibility index (Phi) is 6.40. The first kappa shape index (κ1) is 19.3. The molecule has 0 aromatic heterocycles. The molecular weight excluding hydrogens is 360 g/mol. The summed E-state index contributed by atoms with van der Waals surface area (Å²) in [7, 11) is 1.64. The summed E-state index contributed by atoms with van der Waals surface area (Å²) in [4.78, 5) is 27.6. The molecule has 6 heteroatoms. The molecule has 1 unspecified atom stereocenters. The summed E-state index contributed by atoms with van der Waals surface area (Å²) < 4.78 is 5.16. The van der Waals surface area contributed by atoms with Gasteiger partial charge in [-0.2, -0.15) is 0 Å². The highest BCUT2D eigenvalue weighted by atomic mass is 32.2. The zero-order valence-electron chi connectivity index (χ0n) is 15.6. The molecule has 0 radical (unpaired) electrons. The second-order valence-electron chi connectivity index (χ2n) is 6.54. The number of rotatable bonds is 7. The third-order valence-corrected chi connectivity index (χ3v) is 5.47. The van der Waals surface area contributed by atoms with Crippen molar-refractivity contribution in [1.29, 1.82) is 0 Å². The van der Waals surface area contributed by atoms with Crippen LogP contribution in [0.1, 0.15) is 22.3 Å². The summed E-state index contributed by atoms with van der Waals surface area (Å²) in [5.74, 6) is 0.785. The van der Waals surface area contributed by atoms with Crippen molar-refractivity contribution in [3.05, 3.63) is 59.7 Å². The maximum absolute atomic E-state index is 12.4. The minimum absolute atomic E-state index is 0.0894. The van der Waals surface area contributed by atoms with Gasteiger partial charge >= 0.3 is 0 Å². The van der Waals surface area contributed by atoms with E-state index in [9.17, 15) is 9.59 Å². The first-order valence-electron chi connectivity index (χ1n) is 8.94. The van der Waals surface area contributed by atoms with Gasteiger partial charge < -0.3 is 15.0 Å². The summed E-state index contributed by atoms with van der Waals surface area (Å²) in [5, 5.41) is 2.98. The Bertz CT molecular complexity index is 790. The number of nitrogens with zero attached hydrogens (tertiary/aromatic N) is 1. The largest absolute Gasteiger partial charge is 0.497 e. The number of carbonyl (C=O) groups excluding carboxylic acids is 2. The fourth-order valence-corrected chi connectivity index (χ4v) is 3.56. The van der Waals surface area contributed by atoms with Gasteiger partial charge in [0.05, 0.1) is 13.2 Å². The van der Waals surface area contributed by atoms with Crippen LogP contribution in [0.15, 0.2) is 53.4 Å². The fourth-order valence-electron chi connectivity index (χ4n) is 3.15. The van der Waals surface area contributed by atoms with Crippen molar-refractivity contribution in [2.45, 2.75) is 23.8 Å². The van der Waals surface area contributed by atoms with Gasteiger partial charge in [0.25, 0.3) is 5.91 Å². The van der Waals surface area contributed by atoms with Crippen LogP contribution >= 0.6 is 11.8 Å². The monoisotopic (exact) mass is 384 g/mol. The van der Waals surface area contributed by atoms with Crippen molar-refractivity contribution < 1.29 is 14.3 Å². The summed E-state index contributed by atoms with van der Waals surface area (Å²) in [6, 6.07) is 15.2. The number of thioether (sulfide) groups is 1. The van der Waals surface area contributed by atoms with E-state index in [1.807, 2.05) is 59.7 Å². The van der Waals surface area contributed by atoms with Crippen molar-refractivity contribution in [1.82, 2.24) is 10.2 Å². The molecule has 1 aliphatic rings. The maximum Gasteiger partial charge on any atom is 0.251 e. The summed E-state index contributed by atoms with van der Waals surface area (Å²) in [6.07, 6.45) is 3.14. The molecule has 0 aliphatic carbocycles. The van der Waals surface area contributed by atoms with Gasteiger partial charge in [-0.15, -0.1) is 11.8 Å². The molecule has 2 aromatic carbocycles. The van der Waals surface area contributed by atoms with Gasteiger partial charge in [-0.05, 0) is 54.6 Å². The standard InChI is InChI=1S/C21H24N2O3S/c1-26-18-7-3-15(4-8-18)11-12-23-14-17(13-20(23)24)22-21(25)16-5-9-19(27-2)10-6-16/h3-10,17H,11-14H2,1-2H3,(H,22,25). The van der Waals surface area contributed by atoms with Gasteiger partial charge in [0.1, 0.15) is 5.75 Å². The van der Waals surface area contributed by atoms with Crippen LogP contribution in [-0.2, 0) is 11.2 Å². The van der Waals surface area contributed by atoms with Crippen molar-refractivity contribution >= 4 is 23.6 Å². The lowest BCUT2D eigenvalue weighted by atomic mass is 10.1. The number of likely N-dealkylation sites (tertiary alicyclic amines) is 1. The summed E-state index contributed by atoms with van der Waals surface area (Å²) in [6.45, 7) is 1.21. The number of ether oxygens (including phenoxy) is 1. The minimum atomic E-state index is -0.138. The molecule has 0 saturated carbocycles. The molecule has 27 heavy (non-hydrogen) atoms. The van der Waals surface area contributed by atoms with Crippen LogP contribution in [0.25, 0.3) is 0 Å². The van der Waals surface area contributed by atoms with Gasteiger partial charge in [0.2, 0.25) is 5.91 Å². The minimum Gasteiger partial charge on any atom is -0.497 e. The van der Waals surface area contributed by atoms with E-state index in [2.05, 4.69) is 5.32 Å². The van der Waals surface area contributed by atoms with E-state index in [0.29, 0.717) is 25.1 Å². The number of hydrogen-bond acceptors (Lipinski definition) is 4. The van der Waals surface area contributed by atoms with Crippen LogP contribution < -0.4 is 10.1 Å². The average Bonchev–Trinajstić information content (AvgIpc) is 3.05. The smallest absolute Gasteiger partial charge is 0.251 e. The lowest BCUT2D eigenvalue weighted by Crippen LogP contribution is -2.37. The number of hydrogen-bond donors (Lipinski definition) is 1. The Balaban J connectivity index is 1.50. The van der Waals surface area contributed by atoms with Crippen LogP contribution in [0.4, 0.5) is 0 Å². The fraction of sp³-hybridized carbons (Fsp3) is 0.333. The van der Waals surface area contributed by atoms with Crippen LogP contribution in [-0.4, -0.2) is 49.2 Å². The van der Waals surface area contributed by atoms with Crippen molar-refractivity contribution in [3.63, 3.8) is 0 Å². The summed E-state index contributed by atoms with van der Waals surface area (Å²) >= 11 is 1.64. The molecule has 142 valence electrons. The number of nitrogens with one attached hydrogen (secondary N) is 1. The lowest BCUT2D eigenvalue weighted by molar-refractivity contribution is -0.127. The van der Waals surface area contributed by atoms with Crippen molar-refractivity contribution in [3.8, 4) is 5.75 Å². The van der Waals surface area contributed by atoms with Crippen LogP contribution in [0.5, 0.6) is 5.75 Å². The van der Waals surface area contributed by atoms with E-state index >= 15 is 0 Å². The summed E-state index contributed by atoms with van der Waals surface area (Å²) in [5.41, 5.74) is 1.78. The number of methoxy groups -OCH3 is 1. The Morgan fingerprint density at radius 2 is 1.89 bits per heavy atom. The SMILES string of the molecule is COc1ccc(CCN2CC(NC(=O)c3ccc(SC)cc3)CC2=O)cc1. The molecule has 2 aromatic rings. The van der Waals surface area contributed by atoms with Crippen molar-refractivity contribution in [2.75, 3.05) is 26.5 Å². The predicted molar refractivity (Wildman–Crippen MR) is 107 cm³/mol. The molecule has 1 atom stereocenters. The molecule has 0 bridgehead atoms. The van der Waals surface area contributed by atoms with Gasteiger partial charge in [-0.1, -0.05) is 12.1 Å². The van der Waals surface area contributed by atoms with E-state index in [1.54, 1.807) is 18.9 Å². The molecule has 5 nitrogen and oxygen atoms in total. The zero-order valence-corrected chi connectivity index (χ0v) is 16.4. The Hall–Kier alpha value is -2.47. The Morgan fingerprint density at radius 3 is 2.52 bits per heavy atom. The first-order valence-corrected chi connectivity index (χ1v) is 10.2. The molecule has 1 fully saturated rings. The van der Waals surface area contributed by atoms with Gasteiger partial charge in [0.15, 0.2) is 0 Å². The number of carbonyl (C=O) groups is 2. The average molecular weight is 385 g/mol. The third kappa shape index (κ3) is 5.04. The molecule has 1 N–H and O–H groups in total. The molecule has 0 spiro atoms. The zero-order chi connectivity index (χ0) is 19.2. The Morgan fingerprint density at radius 1 is 1.19 bits per heavy atom. The van der Waals surface area contributed by atoms with E-state index in [-0.39, 0.29) is 17.9 Å². The molecule has 1 saturated heterocycles. The second kappa shape index (κ2) is 8.95. The molecule has 2 amide bonds. The highest BCUT2D eigenvalue weighted by molar-refractivity contribution is 7.98. The quantitative estimate of drug-likeness (QED) is 0.746. The molecule has 1 heterocycles. The molecule has 3 rings (SSSR count). The van der Waals surface area contributed by atoms with E-state index in [1.165, 1.54) is 0 Å². The molecular formula is C21H24N2O3S. The normalized spacial score (nSPS) is 16.4. The van der Waals surface area contributed by atoms with Gasteiger partial charge in [-0.25, -0.2) is 0 Å². The Labute approximate surface area is 164 Å². The number of amides is 2. The number of benzene rings is 2. The second-order valence-corrected chi connectivity index (χ2v) is 7.42. The van der Waals surface area contributed by atoms with E-state index < -0.39 is 0 Å². The lowest BCUT2D eigenvalue weighted by Gasteiger charge is -2.17. The van der Waals surface area contributed by atoms with Crippen LogP contribution in [0.2, 0.25) is 0 Å². The van der Waals surface area contributed by atoms with Crippen molar-refractivity contribution in [2.24, 2.45) is 0 Å². The van der Waals surface area contributed by atoms with Crippen LogP contribution in [0.3, 0.4) is 0 Å². The molecule has 1 aliphatic heterocycles. The van der Waals surface area contributed by atoms with Gasteiger partial charge in [-0.3, -0.25) is 9.59 Å². The first-order chi connectivity index (χ1) is 13.1. The maximum atomic E-state index is 12.4. The van der Waals surface area contributed by atoms with Gasteiger partial charge in [0, 0.05) is 30.0 Å². The topological polar surface area (TPSA) is 58.6 Å². The predicted octanol–water partition coefficient (Wildman–Crippen LogP) is 2.99. The third-order valence-electron chi connectivity index (χ3n) is 4.73. The highest BCUT2D eigenvalue weighted by Crippen LogP contribution is 2.17. The van der Waals surface area contributed by atoms with E-state index in [0.717, 1.165) is 22.6 Å². The van der Waals surface area contributed by atoms with E-state index in [4.69, 9.17) is 4.74 Å².